The lowest BCUT2D eigenvalue weighted by Crippen LogP contribution is -2.25. The largest absolute Gasteiger partial charge is 0.352 e. The fourth-order valence-electron chi connectivity index (χ4n) is 2.62. The van der Waals surface area contributed by atoms with Crippen LogP contribution in [0.1, 0.15) is 64.4 Å². The number of allylic oxidation sites excluding steroid dienone is 3. The molecule has 2 heteroatoms. The highest BCUT2D eigenvalue weighted by atomic mass is 16.1. The number of nitrogens with one attached hydrogen (secondary N) is 1. The first-order chi connectivity index (χ1) is 12.2. The van der Waals surface area contributed by atoms with Crippen molar-refractivity contribution in [2.75, 3.05) is 6.54 Å². The van der Waals surface area contributed by atoms with Gasteiger partial charge in [-0.25, -0.2) is 0 Å². The van der Waals surface area contributed by atoms with Gasteiger partial charge in [-0.3, -0.25) is 4.79 Å². The number of hydrogen-bond acceptors (Lipinski definition) is 1. The van der Waals surface area contributed by atoms with Crippen LogP contribution in [0.15, 0.2) is 54.6 Å². The Morgan fingerprint density at radius 1 is 0.960 bits per heavy atom. The van der Waals surface area contributed by atoms with Crippen molar-refractivity contribution in [2.45, 2.75) is 65.2 Å². The molecule has 0 aromatic heterocycles. The smallest absolute Gasteiger partial charge is 0.243 e. The highest BCUT2D eigenvalue weighted by molar-refractivity contribution is 5.87. The molecule has 0 unspecified atom stereocenters. The van der Waals surface area contributed by atoms with E-state index in [9.17, 15) is 4.79 Å². The minimum Gasteiger partial charge on any atom is -0.352 e. The summed E-state index contributed by atoms with van der Waals surface area (Å²) < 4.78 is 0. The minimum absolute atomic E-state index is 0.00569. The van der Waals surface area contributed by atoms with Crippen LogP contribution in [0, 0.1) is 5.92 Å². The second-order valence-electron chi connectivity index (χ2n) is 7.07. The third-order valence-corrected chi connectivity index (χ3v) is 4.11. The van der Waals surface area contributed by atoms with Crippen LogP contribution in [0.4, 0.5) is 0 Å². The fraction of sp³-hybridized carbons (Fsp3) is 0.522. The molecule has 1 rings (SSSR count). The van der Waals surface area contributed by atoms with Crippen LogP contribution < -0.4 is 5.32 Å². The monoisotopic (exact) mass is 341 g/mol. The number of amides is 1. The molecule has 1 amide bonds. The summed E-state index contributed by atoms with van der Waals surface area (Å²) in [5.74, 6) is 0.486. The summed E-state index contributed by atoms with van der Waals surface area (Å²) in [6.45, 7) is 4.92. The molecule has 2 nitrogen and oxygen atoms in total. The Morgan fingerprint density at radius 2 is 1.64 bits per heavy atom. The topological polar surface area (TPSA) is 29.1 Å². The zero-order chi connectivity index (χ0) is 18.2. The van der Waals surface area contributed by atoms with Crippen molar-refractivity contribution in [1.29, 1.82) is 0 Å². The van der Waals surface area contributed by atoms with Gasteiger partial charge in [-0.15, -0.1) is 0 Å². The van der Waals surface area contributed by atoms with Crippen molar-refractivity contribution in [3.8, 4) is 0 Å². The first kappa shape index (κ1) is 21.2. The van der Waals surface area contributed by atoms with Crippen LogP contribution in [0.25, 0.3) is 0 Å². The lowest BCUT2D eigenvalue weighted by atomic mass is 10.0. The van der Waals surface area contributed by atoms with E-state index in [1.54, 1.807) is 6.08 Å². The van der Waals surface area contributed by atoms with Crippen LogP contribution in [0.2, 0.25) is 0 Å². The molecule has 0 saturated carbocycles. The molecular weight excluding hydrogens is 306 g/mol. The van der Waals surface area contributed by atoms with Gasteiger partial charge in [-0.1, -0.05) is 88.1 Å². The molecule has 0 radical (unpaired) electrons. The average Bonchev–Trinajstić information content (AvgIpc) is 2.61. The summed E-state index contributed by atoms with van der Waals surface area (Å²) >= 11 is 0. The van der Waals surface area contributed by atoms with E-state index in [1.165, 1.54) is 50.5 Å². The SMILES string of the molecule is CC(C)CNC(=O)/C=C/C=C/CCCCCCCCc1ccccc1. The molecule has 0 aliphatic heterocycles. The molecule has 0 bridgehead atoms. The van der Waals surface area contributed by atoms with Gasteiger partial charge in [0.25, 0.3) is 0 Å². The van der Waals surface area contributed by atoms with Crippen molar-refractivity contribution in [3.63, 3.8) is 0 Å². The van der Waals surface area contributed by atoms with Gasteiger partial charge in [0.05, 0.1) is 0 Å². The quantitative estimate of drug-likeness (QED) is 0.272. The van der Waals surface area contributed by atoms with Gasteiger partial charge in [0, 0.05) is 12.6 Å². The lowest BCUT2D eigenvalue weighted by Gasteiger charge is -2.03. The Balaban J connectivity index is 1.90. The molecule has 138 valence electrons. The average molecular weight is 342 g/mol. The van der Waals surface area contributed by atoms with Crippen LogP contribution in [-0.2, 0) is 11.2 Å². The molecule has 1 aromatic carbocycles. The highest BCUT2D eigenvalue weighted by Crippen LogP contribution is 2.10. The second kappa shape index (κ2) is 14.5. The van der Waals surface area contributed by atoms with E-state index in [4.69, 9.17) is 0 Å². The van der Waals surface area contributed by atoms with Crippen molar-refractivity contribution in [3.05, 3.63) is 60.2 Å². The zero-order valence-corrected chi connectivity index (χ0v) is 16.0. The van der Waals surface area contributed by atoms with Gasteiger partial charge in [-0.05, 0) is 37.2 Å². The standard InChI is InChI=1S/C23H35NO/c1-21(2)20-24-23(25)19-15-10-8-6-4-3-5-7-9-12-16-22-17-13-11-14-18-22/h8,10-11,13-15,17-19,21H,3-7,9,12,16,20H2,1-2H3,(H,24,25)/b10-8+,19-15+. The zero-order valence-electron chi connectivity index (χ0n) is 16.0. The molecule has 0 aliphatic carbocycles. The molecule has 25 heavy (non-hydrogen) atoms. The number of carbonyl (C=O) groups is 1. The number of hydrogen-bond donors (Lipinski definition) is 1. The summed E-state index contributed by atoms with van der Waals surface area (Å²) in [5.41, 5.74) is 1.46. The fourth-order valence-corrected chi connectivity index (χ4v) is 2.62. The van der Waals surface area contributed by atoms with E-state index in [0.717, 1.165) is 13.0 Å². The van der Waals surface area contributed by atoms with Gasteiger partial charge in [0.1, 0.15) is 0 Å². The maximum atomic E-state index is 11.5. The molecule has 0 spiro atoms. The van der Waals surface area contributed by atoms with E-state index in [1.807, 2.05) is 12.2 Å². The van der Waals surface area contributed by atoms with Gasteiger partial charge in [0.15, 0.2) is 0 Å². The number of rotatable bonds is 13. The first-order valence-corrected chi connectivity index (χ1v) is 9.83. The highest BCUT2D eigenvalue weighted by Gasteiger charge is 1.96. The molecule has 0 heterocycles. The number of benzene rings is 1. The van der Waals surface area contributed by atoms with Crippen LogP contribution in [-0.4, -0.2) is 12.5 Å². The molecule has 0 saturated heterocycles. The molecule has 0 aliphatic rings. The molecule has 0 fully saturated rings. The lowest BCUT2D eigenvalue weighted by molar-refractivity contribution is -0.116. The van der Waals surface area contributed by atoms with Crippen LogP contribution >= 0.6 is 0 Å². The summed E-state index contributed by atoms with van der Waals surface area (Å²) in [5, 5.41) is 2.87. The normalized spacial score (nSPS) is 11.6. The molecular formula is C23H35NO. The van der Waals surface area contributed by atoms with Crippen molar-refractivity contribution < 1.29 is 4.79 Å². The predicted octanol–water partition coefficient (Wildman–Crippen LogP) is 5.84. The maximum Gasteiger partial charge on any atom is 0.243 e. The van der Waals surface area contributed by atoms with Gasteiger partial charge < -0.3 is 5.32 Å². The maximum absolute atomic E-state index is 11.5. The van der Waals surface area contributed by atoms with Gasteiger partial charge >= 0.3 is 0 Å². The van der Waals surface area contributed by atoms with E-state index in [-0.39, 0.29) is 5.91 Å². The molecule has 1 N–H and O–H groups in total. The number of carbonyl (C=O) groups excluding carboxylic acids is 1. The Kier molecular flexibility index (Phi) is 12.3. The molecule has 0 atom stereocenters. The van der Waals surface area contributed by atoms with Crippen molar-refractivity contribution in [2.24, 2.45) is 5.92 Å². The predicted molar refractivity (Wildman–Crippen MR) is 109 cm³/mol. The van der Waals surface area contributed by atoms with E-state index >= 15 is 0 Å². The van der Waals surface area contributed by atoms with Gasteiger partial charge in [-0.2, -0.15) is 0 Å². The summed E-state index contributed by atoms with van der Waals surface area (Å²) in [4.78, 5) is 11.5. The summed E-state index contributed by atoms with van der Waals surface area (Å²) in [7, 11) is 0. The van der Waals surface area contributed by atoms with E-state index in [2.05, 4.69) is 55.6 Å². The first-order valence-electron chi connectivity index (χ1n) is 9.83. The van der Waals surface area contributed by atoms with Crippen LogP contribution in [0.5, 0.6) is 0 Å². The van der Waals surface area contributed by atoms with E-state index < -0.39 is 0 Å². The Morgan fingerprint density at radius 3 is 2.36 bits per heavy atom. The van der Waals surface area contributed by atoms with Crippen LogP contribution in [0.3, 0.4) is 0 Å². The summed E-state index contributed by atoms with van der Waals surface area (Å²) in [6, 6.07) is 10.8. The number of unbranched alkanes of at least 4 members (excludes halogenated alkanes) is 6. The third kappa shape index (κ3) is 13.2. The third-order valence-electron chi connectivity index (χ3n) is 4.11. The minimum atomic E-state index is -0.00569. The Hall–Kier alpha value is -1.83. The second-order valence-corrected chi connectivity index (χ2v) is 7.07. The number of aryl methyl sites for hydroxylation is 1. The van der Waals surface area contributed by atoms with Crippen molar-refractivity contribution in [1.82, 2.24) is 5.32 Å². The molecule has 1 aromatic rings. The van der Waals surface area contributed by atoms with E-state index in [0.29, 0.717) is 5.92 Å². The summed E-state index contributed by atoms with van der Waals surface area (Å²) in [6.07, 6.45) is 17.7. The Bertz CT molecular complexity index is 502. The van der Waals surface area contributed by atoms with Gasteiger partial charge in [0.2, 0.25) is 5.91 Å². The van der Waals surface area contributed by atoms with Crippen molar-refractivity contribution >= 4 is 5.91 Å². The Labute approximate surface area is 154 Å².